The summed E-state index contributed by atoms with van der Waals surface area (Å²) in [7, 11) is 1.52. The summed E-state index contributed by atoms with van der Waals surface area (Å²) in [5.74, 6) is -1.14. The summed E-state index contributed by atoms with van der Waals surface area (Å²) < 4.78 is 17.4. The van der Waals surface area contributed by atoms with Gasteiger partial charge in [0.2, 0.25) is 5.79 Å². The molecule has 1 aliphatic heterocycles. The Morgan fingerprint density at radius 1 is 1.24 bits per heavy atom. The number of fused-ring (bicyclic) bond motifs is 1. The molecule has 0 radical (unpaired) electrons. The van der Waals surface area contributed by atoms with Crippen LogP contribution in [-0.4, -0.2) is 47.8 Å². The molecule has 180 valence electrons. The van der Waals surface area contributed by atoms with Gasteiger partial charge in [-0.15, -0.1) is 0 Å². The lowest BCUT2D eigenvalue weighted by molar-refractivity contribution is -0.163. The van der Waals surface area contributed by atoms with Gasteiger partial charge in [-0.1, -0.05) is 11.6 Å². The van der Waals surface area contributed by atoms with Gasteiger partial charge in [0.25, 0.3) is 5.91 Å². The zero-order valence-electron chi connectivity index (χ0n) is 19.9. The van der Waals surface area contributed by atoms with E-state index in [1.54, 1.807) is 38.1 Å². The molecular weight excluding hydrogens is 458 g/mol. The Hall–Kier alpha value is -2.78. The first kappa shape index (κ1) is 24.3. The van der Waals surface area contributed by atoms with Crippen LogP contribution in [0.3, 0.4) is 0 Å². The normalized spacial score (nSPS) is 15.5. The van der Waals surface area contributed by atoms with Crippen LogP contribution >= 0.6 is 11.6 Å². The van der Waals surface area contributed by atoms with Crippen LogP contribution in [-0.2, 0) is 20.9 Å². The zero-order chi connectivity index (χ0) is 24.7. The summed E-state index contributed by atoms with van der Waals surface area (Å²) >= 11 is 6.09. The number of benzene rings is 1. The summed E-state index contributed by atoms with van der Waals surface area (Å²) in [6.45, 7) is 7.97. The molecule has 0 spiro atoms. The van der Waals surface area contributed by atoms with Gasteiger partial charge in [-0.25, -0.2) is 0 Å². The third-order valence-corrected chi connectivity index (χ3v) is 6.20. The summed E-state index contributed by atoms with van der Waals surface area (Å²) in [6.07, 6.45) is 1.53. The molecule has 8 nitrogen and oxygen atoms in total. The molecule has 0 aliphatic carbocycles. The quantitative estimate of drug-likeness (QED) is 0.547. The van der Waals surface area contributed by atoms with Crippen molar-refractivity contribution in [3.05, 3.63) is 63.6 Å². The van der Waals surface area contributed by atoms with Crippen molar-refractivity contribution < 1.29 is 24.1 Å². The highest BCUT2D eigenvalue weighted by molar-refractivity contribution is 6.31. The van der Waals surface area contributed by atoms with Crippen molar-refractivity contribution in [3.63, 3.8) is 0 Å². The highest BCUT2D eigenvalue weighted by Gasteiger charge is 2.42. The van der Waals surface area contributed by atoms with E-state index in [2.05, 4.69) is 15.3 Å². The van der Waals surface area contributed by atoms with Crippen molar-refractivity contribution in [2.45, 2.75) is 39.1 Å². The van der Waals surface area contributed by atoms with Crippen LogP contribution in [0.4, 0.5) is 0 Å². The van der Waals surface area contributed by atoms with Gasteiger partial charge < -0.3 is 24.6 Å². The van der Waals surface area contributed by atoms with E-state index in [1.807, 2.05) is 13.8 Å². The van der Waals surface area contributed by atoms with Crippen LogP contribution in [0.25, 0.3) is 10.9 Å². The molecule has 1 aromatic carbocycles. The Labute approximate surface area is 203 Å². The van der Waals surface area contributed by atoms with Gasteiger partial charge in [-0.2, -0.15) is 0 Å². The summed E-state index contributed by atoms with van der Waals surface area (Å²) in [6, 6.07) is 6.84. The maximum Gasteiger partial charge on any atom is 0.251 e. The topological polar surface area (TPSA) is 103 Å². The zero-order valence-corrected chi connectivity index (χ0v) is 20.6. The van der Waals surface area contributed by atoms with Gasteiger partial charge in [0.15, 0.2) is 0 Å². The second-order valence-electron chi connectivity index (χ2n) is 8.86. The number of nitrogens with one attached hydrogen (secondary N) is 1. The highest BCUT2D eigenvalue weighted by atomic mass is 35.5. The monoisotopic (exact) mass is 485 g/mol. The number of nitrogens with zero attached hydrogens (tertiary/aromatic N) is 2. The molecule has 1 saturated heterocycles. The number of methoxy groups -OCH3 is 1. The molecule has 0 bridgehead atoms. The minimum absolute atomic E-state index is 0.0286. The number of aryl methyl sites for hydroxylation is 1. The van der Waals surface area contributed by atoms with Crippen molar-refractivity contribution in [1.82, 2.24) is 15.3 Å². The average Bonchev–Trinajstić information content (AvgIpc) is 3.27. The Morgan fingerprint density at radius 2 is 1.94 bits per heavy atom. The maximum absolute atomic E-state index is 13.1. The molecule has 1 aliphatic rings. The second-order valence-corrected chi connectivity index (χ2v) is 9.30. The van der Waals surface area contributed by atoms with Crippen molar-refractivity contribution in [2.75, 3.05) is 26.9 Å². The smallest absolute Gasteiger partial charge is 0.251 e. The van der Waals surface area contributed by atoms with Gasteiger partial charge in [-0.3, -0.25) is 14.8 Å². The van der Waals surface area contributed by atoms with Crippen LogP contribution in [0.5, 0.6) is 5.75 Å². The van der Waals surface area contributed by atoms with E-state index in [-0.39, 0.29) is 12.5 Å². The molecule has 2 N–H and O–H groups in total. The van der Waals surface area contributed by atoms with Gasteiger partial charge in [0.05, 0.1) is 37.5 Å². The van der Waals surface area contributed by atoms with Crippen molar-refractivity contribution in [1.29, 1.82) is 0 Å². The van der Waals surface area contributed by atoms with Gasteiger partial charge >= 0.3 is 0 Å². The molecule has 3 heterocycles. The van der Waals surface area contributed by atoms with E-state index in [1.165, 1.54) is 13.3 Å². The lowest BCUT2D eigenvalue weighted by Crippen LogP contribution is -2.42. The van der Waals surface area contributed by atoms with E-state index in [0.29, 0.717) is 46.1 Å². The van der Waals surface area contributed by atoms with Crippen molar-refractivity contribution in [2.24, 2.45) is 0 Å². The fourth-order valence-electron chi connectivity index (χ4n) is 4.14. The third-order valence-electron chi connectivity index (χ3n) is 6.00. The Bertz CT molecular complexity index is 1250. The number of hydrogen-bond acceptors (Lipinski definition) is 7. The summed E-state index contributed by atoms with van der Waals surface area (Å²) in [4.78, 5) is 22.1. The molecule has 0 atom stereocenters. The standard InChI is InChI=1S/C25H28ClN3O5/c1-14-15(2)29-21(11-19(14)24(3,4)31)25(33-6-7-34-25)13-28-23(30)17-8-16-9-18(26)12-27-22(16)20(10-17)32-5/h8-12,31H,6-7,13H2,1-5H3,(H,28,30). The minimum Gasteiger partial charge on any atom is -0.494 e. The summed E-state index contributed by atoms with van der Waals surface area (Å²) in [5, 5.41) is 14.7. The molecule has 1 amide bonds. The predicted molar refractivity (Wildman–Crippen MR) is 128 cm³/mol. The van der Waals surface area contributed by atoms with E-state index >= 15 is 0 Å². The predicted octanol–water partition coefficient (Wildman–Crippen LogP) is 3.77. The van der Waals surface area contributed by atoms with Crippen LogP contribution < -0.4 is 10.1 Å². The molecule has 4 rings (SSSR count). The number of amides is 1. The summed E-state index contributed by atoms with van der Waals surface area (Å²) in [5.41, 5.74) is 2.78. The SMILES string of the molecule is COc1cc(C(=O)NCC2(c3cc(C(C)(C)O)c(C)c(C)n3)OCCO2)cc2cc(Cl)cnc12. The number of ether oxygens (including phenoxy) is 3. The van der Waals surface area contributed by atoms with Gasteiger partial charge in [0, 0.05) is 22.8 Å². The lowest BCUT2D eigenvalue weighted by atomic mass is 9.91. The Kier molecular flexibility index (Phi) is 6.52. The molecule has 1 fully saturated rings. The number of rotatable bonds is 6. The van der Waals surface area contributed by atoms with E-state index in [4.69, 9.17) is 25.8 Å². The number of aliphatic hydroxyl groups is 1. The number of carbonyl (C=O) groups is 1. The molecule has 34 heavy (non-hydrogen) atoms. The van der Waals surface area contributed by atoms with Crippen molar-refractivity contribution >= 4 is 28.4 Å². The second kappa shape index (κ2) is 9.11. The largest absolute Gasteiger partial charge is 0.494 e. The number of carbonyl (C=O) groups excluding carboxylic acids is 1. The first-order chi connectivity index (χ1) is 16.0. The molecule has 2 aromatic heterocycles. The molecule has 0 unspecified atom stereocenters. The fourth-order valence-corrected chi connectivity index (χ4v) is 4.30. The number of aromatic nitrogens is 2. The molecular formula is C25H28ClN3O5. The highest BCUT2D eigenvalue weighted by Crippen LogP contribution is 2.34. The van der Waals surface area contributed by atoms with Crippen LogP contribution in [0, 0.1) is 13.8 Å². The first-order valence-electron chi connectivity index (χ1n) is 10.9. The molecule has 0 saturated carbocycles. The van der Waals surface area contributed by atoms with Crippen LogP contribution in [0.2, 0.25) is 5.02 Å². The van der Waals surface area contributed by atoms with Crippen LogP contribution in [0.15, 0.2) is 30.5 Å². The van der Waals surface area contributed by atoms with Gasteiger partial charge in [-0.05, 0) is 63.1 Å². The van der Waals surface area contributed by atoms with Gasteiger partial charge in [0.1, 0.15) is 17.0 Å². The van der Waals surface area contributed by atoms with E-state index < -0.39 is 11.4 Å². The minimum atomic E-state index is -1.26. The Balaban J connectivity index is 1.65. The van der Waals surface area contributed by atoms with Crippen molar-refractivity contribution in [3.8, 4) is 5.75 Å². The maximum atomic E-state index is 13.1. The van der Waals surface area contributed by atoms with Crippen LogP contribution in [0.1, 0.15) is 46.7 Å². The lowest BCUT2D eigenvalue weighted by Gasteiger charge is -2.30. The fraction of sp³-hybridized carbons (Fsp3) is 0.400. The first-order valence-corrected chi connectivity index (χ1v) is 11.3. The number of pyridine rings is 2. The number of halogens is 1. The molecule has 9 heteroatoms. The average molecular weight is 486 g/mol. The third kappa shape index (κ3) is 4.59. The van der Waals surface area contributed by atoms with E-state index in [9.17, 15) is 9.90 Å². The number of hydrogen-bond donors (Lipinski definition) is 2. The molecule has 3 aromatic rings. The van der Waals surface area contributed by atoms with E-state index in [0.717, 1.165) is 16.8 Å². The Morgan fingerprint density at radius 3 is 2.59 bits per heavy atom.